The molecule has 0 amide bonds. The molecule has 0 radical (unpaired) electrons. The predicted molar refractivity (Wildman–Crippen MR) is 62.7 cm³/mol. The average molecular weight is 234 g/mol. The van der Waals surface area contributed by atoms with Crippen LogP contribution in [0.5, 0.6) is 0 Å². The molecule has 0 saturated heterocycles. The van der Waals surface area contributed by atoms with Crippen LogP contribution in [0.2, 0.25) is 0 Å². The molecule has 0 fully saturated rings. The van der Waals surface area contributed by atoms with Crippen molar-refractivity contribution in [3.63, 3.8) is 0 Å². The summed E-state index contributed by atoms with van der Waals surface area (Å²) in [5, 5.41) is 2.70. The Morgan fingerprint density at radius 2 is 1.82 bits per heavy atom. The molecule has 1 aromatic carbocycles. The van der Waals surface area contributed by atoms with Crippen molar-refractivity contribution in [2.24, 2.45) is 0 Å². The van der Waals surface area contributed by atoms with Gasteiger partial charge in [0, 0.05) is 6.20 Å². The Bertz CT molecular complexity index is 489. The third-order valence-corrected chi connectivity index (χ3v) is 2.38. The lowest BCUT2D eigenvalue weighted by Crippen LogP contribution is -2.05. The molecule has 0 bridgehead atoms. The van der Waals surface area contributed by atoms with E-state index < -0.39 is 11.6 Å². The Morgan fingerprint density at radius 1 is 1.12 bits per heavy atom. The second kappa shape index (κ2) is 4.91. The zero-order valence-corrected chi connectivity index (χ0v) is 9.37. The van der Waals surface area contributed by atoms with Gasteiger partial charge >= 0.3 is 0 Å². The highest BCUT2D eigenvalue weighted by molar-refractivity contribution is 5.46. The summed E-state index contributed by atoms with van der Waals surface area (Å²) in [4.78, 5) is 4.15. The Kier molecular flexibility index (Phi) is 3.32. The van der Waals surface area contributed by atoms with Crippen LogP contribution in [0.1, 0.15) is 11.3 Å². The average Bonchev–Trinajstić information content (AvgIpc) is 2.31. The molecule has 0 spiro atoms. The van der Waals surface area contributed by atoms with Gasteiger partial charge in [-0.2, -0.15) is 0 Å². The van der Waals surface area contributed by atoms with Gasteiger partial charge in [-0.3, -0.25) is 4.98 Å². The van der Waals surface area contributed by atoms with Gasteiger partial charge in [0.15, 0.2) is 0 Å². The molecule has 0 saturated carbocycles. The summed E-state index contributed by atoms with van der Waals surface area (Å²) in [6, 6.07) is 7.49. The number of para-hydroxylation sites is 1. The van der Waals surface area contributed by atoms with Crippen LogP contribution in [-0.4, -0.2) is 4.98 Å². The van der Waals surface area contributed by atoms with E-state index in [-0.39, 0.29) is 12.2 Å². The van der Waals surface area contributed by atoms with Gasteiger partial charge in [0.1, 0.15) is 17.3 Å². The van der Waals surface area contributed by atoms with Gasteiger partial charge in [-0.1, -0.05) is 12.1 Å². The molecule has 1 aromatic heterocycles. The first-order valence-electron chi connectivity index (χ1n) is 5.26. The van der Waals surface area contributed by atoms with Gasteiger partial charge in [0.2, 0.25) is 0 Å². The fourth-order valence-corrected chi connectivity index (χ4v) is 1.45. The summed E-state index contributed by atoms with van der Waals surface area (Å²) < 4.78 is 26.6. The third kappa shape index (κ3) is 2.78. The van der Waals surface area contributed by atoms with Crippen LogP contribution in [0, 0.1) is 18.6 Å². The van der Waals surface area contributed by atoms with E-state index in [1.54, 1.807) is 6.20 Å². The summed E-state index contributed by atoms with van der Waals surface area (Å²) in [5.41, 5.74) is 1.67. The molecular weight excluding hydrogens is 222 g/mol. The minimum atomic E-state index is -0.600. The molecule has 2 aromatic rings. The highest BCUT2D eigenvalue weighted by Gasteiger charge is 2.07. The van der Waals surface area contributed by atoms with Crippen LogP contribution in [0.4, 0.5) is 14.5 Å². The van der Waals surface area contributed by atoms with Gasteiger partial charge in [-0.25, -0.2) is 8.78 Å². The summed E-state index contributed by atoms with van der Waals surface area (Å²) in [6.45, 7) is 2.22. The first-order valence-corrected chi connectivity index (χ1v) is 5.26. The minimum absolute atomic E-state index is 0.116. The van der Waals surface area contributed by atoms with E-state index in [1.807, 2.05) is 19.1 Å². The van der Waals surface area contributed by atoms with Crippen LogP contribution in [0.15, 0.2) is 36.5 Å². The number of pyridine rings is 1. The summed E-state index contributed by atoms with van der Waals surface area (Å²) in [6.07, 6.45) is 1.72. The van der Waals surface area contributed by atoms with Crippen LogP contribution >= 0.6 is 0 Å². The smallest absolute Gasteiger partial charge is 0.149 e. The number of benzene rings is 1. The number of nitrogens with zero attached hydrogens (tertiary/aromatic N) is 1. The number of halogens is 2. The number of rotatable bonds is 3. The van der Waals surface area contributed by atoms with E-state index in [2.05, 4.69) is 10.3 Å². The van der Waals surface area contributed by atoms with Crippen molar-refractivity contribution in [1.29, 1.82) is 0 Å². The van der Waals surface area contributed by atoms with E-state index in [1.165, 1.54) is 18.2 Å². The lowest BCUT2D eigenvalue weighted by atomic mass is 10.2. The number of nitrogens with one attached hydrogen (secondary N) is 1. The summed E-state index contributed by atoms with van der Waals surface area (Å²) in [7, 11) is 0. The number of anilines is 1. The van der Waals surface area contributed by atoms with Gasteiger partial charge in [-0.15, -0.1) is 0 Å². The van der Waals surface area contributed by atoms with Gasteiger partial charge in [0.25, 0.3) is 0 Å². The Morgan fingerprint density at radius 3 is 2.41 bits per heavy atom. The van der Waals surface area contributed by atoms with Crippen molar-refractivity contribution in [1.82, 2.24) is 4.98 Å². The highest BCUT2D eigenvalue weighted by Crippen LogP contribution is 2.18. The molecule has 0 unspecified atom stereocenters. The maximum absolute atomic E-state index is 13.3. The number of hydrogen-bond donors (Lipinski definition) is 1. The summed E-state index contributed by atoms with van der Waals surface area (Å²) in [5.74, 6) is -1.20. The normalized spacial score (nSPS) is 10.3. The molecule has 0 aliphatic heterocycles. The van der Waals surface area contributed by atoms with E-state index in [0.29, 0.717) is 0 Å². The quantitative estimate of drug-likeness (QED) is 0.881. The minimum Gasteiger partial charge on any atom is -0.375 e. The molecule has 17 heavy (non-hydrogen) atoms. The Hall–Kier alpha value is -1.97. The van der Waals surface area contributed by atoms with Crippen molar-refractivity contribution >= 4 is 5.69 Å². The van der Waals surface area contributed by atoms with Crippen LogP contribution in [0.25, 0.3) is 0 Å². The number of aryl methyl sites for hydroxylation is 1. The van der Waals surface area contributed by atoms with Crippen molar-refractivity contribution < 1.29 is 8.78 Å². The van der Waals surface area contributed by atoms with E-state index in [4.69, 9.17) is 0 Å². The first-order chi connectivity index (χ1) is 8.16. The van der Waals surface area contributed by atoms with Crippen molar-refractivity contribution in [3.05, 3.63) is 59.4 Å². The fraction of sp³-hybridized carbons (Fsp3) is 0.154. The number of aromatic nitrogens is 1. The molecule has 0 atom stereocenters. The van der Waals surface area contributed by atoms with Gasteiger partial charge < -0.3 is 5.32 Å². The van der Waals surface area contributed by atoms with Crippen LogP contribution in [-0.2, 0) is 6.54 Å². The number of hydrogen-bond acceptors (Lipinski definition) is 2. The van der Waals surface area contributed by atoms with Crippen LogP contribution in [0.3, 0.4) is 0 Å². The zero-order valence-electron chi connectivity index (χ0n) is 9.37. The molecule has 4 heteroatoms. The van der Waals surface area contributed by atoms with Crippen molar-refractivity contribution in [3.8, 4) is 0 Å². The van der Waals surface area contributed by atoms with Crippen molar-refractivity contribution in [2.45, 2.75) is 13.5 Å². The molecule has 0 aliphatic rings. The zero-order chi connectivity index (χ0) is 12.3. The summed E-state index contributed by atoms with van der Waals surface area (Å²) >= 11 is 0. The van der Waals surface area contributed by atoms with E-state index in [0.717, 1.165) is 11.3 Å². The maximum atomic E-state index is 13.3. The molecular formula is C13H12F2N2. The standard InChI is InChI=1S/C13H12F2N2/c1-9-5-6-10(16-7-9)8-17-13-11(14)3-2-4-12(13)15/h2-7,17H,8H2,1H3. The van der Waals surface area contributed by atoms with Crippen LogP contribution < -0.4 is 5.32 Å². The molecule has 2 nitrogen and oxygen atoms in total. The monoisotopic (exact) mass is 234 g/mol. The molecule has 88 valence electrons. The fourth-order valence-electron chi connectivity index (χ4n) is 1.45. The van der Waals surface area contributed by atoms with Gasteiger partial charge in [-0.05, 0) is 30.7 Å². The molecule has 2 rings (SSSR count). The van der Waals surface area contributed by atoms with E-state index >= 15 is 0 Å². The molecule has 1 heterocycles. The second-order valence-corrected chi connectivity index (χ2v) is 3.78. The predicted octanol–water partition coefficient (Wildman–Crippen LogP) is 3.28. The largest absolute Gasteiger partial charge is 0.375 e. The molecule has 1 N–H and O–H groups in total. The topological polar surface area (TPSA) is 24.9 Å². The Balaban J connectivity index is 2.10. The van der Waals surface area contributed by atoms with Crippen molar-refractivity contribution in [2.75, 3.05) is 5.32 Å². The third-order valence-electron chi connectivity index (χ3n) is 2.38. The van der Waals surface area contributed by atoms with Gasteiger partial charge in [0.05, 0.1) is 12.2 Å². The SMILES string of the molecule is Cc1ccc(CNc2c(F)cccc2F)nc1. The second-order valence-electron chi connectivity index (χ2n) is 3.78. The highest BCUT2D eigenvalue weighted by atomic mass is 19.1. The first kappa shape index (κ1) is 11.5. The van der Waals surface area contributed by atoms with E-state index in [9.17, 15) is 8.78 Å². The lowest BCUT2D eigenvalue weighted by molar-refractivity contribution is 0.588. The lowest BCUT2D eigenvalue weighted by Gasteiger charge is -2.08. The maximum Gasteiger partial charge on any atom is 0.149 e. The molecule has 0 aliphatic carbocycles. The Labute approximate surface area is 98.3 Å².